The highest BCUT2D eigenvalue weighted by molar-refractivity contribution is 7.98. The van der Waals surface area contributed by atoms with Crippen molar-refractivity contribution in [2.45, 2.75) is 36.5 Å². The van der Waals surface area contributed by atoms with Crippen LogP contribution in [0, 0.1) is 6.92 Å². The van der Waals surface area contributed by atoms with Gasteiger partial charge in [0.15, 0.2) is 5.82 Å². The summed E-state index contributed by atoms with van der Waals surface area (Å²) in [6, 6.07) is 0. The van der Waals surface area contributed by atoms with Crippen molar-refractivity contribution >= 4 is 17.7 Å². The van der Waals surface area contributed by atoms with Gasteiger partial charge in [-0.1, -0.05) is 11.8 Å². The molecule has 0 aliphatic heterocycles. The first kappa shape index (κ1) is 13.9. The molecule has 0 radical (unpaired) electrons. The van der Waals surface area contributed by atoms with E-state index in [0.29, 0.717) is 28.2 Å². The van der Waals surface area contributed by atoms with Crippen LogP contribution in [-0.4, -0.2) is 41.3 Å². The highest BCUT2D eigenvalue weighted by Crippen LogP contribution is 2.39. The maximum Gasteiger partial charge on any atom is 0.340 e. The van der Waals surface area contributed by atoms with E-state index in [4.69, 9.17) is 0 Å². The van der Waals surface area contributed by atoms with E-state index in [9.17, 15) is 9.90 Å². The van der Waals surface area contributed by atoms with E-state index >= 15 is 0 Å². The second kappa shape index (κ2) is 5.40. The molecule has 3 rings (SSSR count). The van der Waals surface area contributed by atoms with E-state index in [1.54, 1.807) is 14.0 Å². The van der Waals surface area contributed by atoms with Crippen molar-refractivity contribution in [3.05, 3.63) is 22.9 Å². The van der Waals surface area contributed by atoms with Crippen molar-refractivity contribution in [3.63, 3.8) is 0 Å². The van der Waals surface area contributed by atoms with Crippen LogP contribution in [-0.2, 0) is 12.8 Å². The van der Waals surface area contributed by atoms with E-state index in [1.807, 2.05) is 0 Å². The van der Waals surface area contributed by atoms with Crippen molar-refractivity contribution in [1.82, 2.24) is 30.2 Å². The van der Waals surface area contributed by atoms with Crippen molar-refractivity contribution in [2.75, 3.05) is 0 Å². The van der Waals surface area contributed by atoms with Crippen molar-refractivity contribution in [3.8, 4) is 0 Å². The van der Waals surface area contributed by atoms with Gasteiger partial charge in [0.05, 0.1) is 18.5 Å². The smallest absolute Gasteiger partial charge is 0.340 e. The summed E-state index contributed by atoms with van der Waals surface area (Å²) in [5, 5.41) is 21.5. The van der Waals surface area contributed by atoms with Gasteiger partial charge in [0.25, 0.3) is 0 Å². The van der Waals surface area contributed by atoms with Gasteiger partial charge in [-0.2, -0.15) is 4.80 Å². The lowest BCUT2D eigenvalue weighted by Gasteiger charge is -2.09. The Kier molecular flexibility index (Phi) is 3.58. The SMILES string of the molecule is Cc1nc(C2CC2)nc(SCc2nnn(C)n2)c1C(=O)O. The molecule has 8 nitrogen and oxygen atoms in total. The fraction of sp³-hybridized carbons (Fsp3) is 0.500. The average molecular weight is 306 g/mol. The third kappa shape index (κ3) is 3.02. The number of carboxylic acids is 1. The Bertz CT molecular complexity index is 697. The zero-order valence-electron chi connectivity index (χ0n) is 11.6. The fourth-order valence-corrected chi connectivity index (χ4v) is 2.87. The number of aryl methyl sites for hydroxylation is 2. The summed E-state index contributed by atoms with van der Waals surface area (Å²) < 4.78 is 0. The van der Waals surface area contributed by atoms with Crippen LogP contribution in [0.1, 0.15) is 46.5 Å². The quantitative estimate of drug-likeness (QED) is 0.648. The number of aromatic carboxylic acids is 1. The molecule has 110 valence electrons. The molecule has 1 aliphatic carbocycles. The van der Waals surface area contributed by atoms with E-state index in [-0.39, 0.29) is 5.56 Å². The minimum atomic E-state index is -1.01. The average Bonchev–Trinajstić information content (AvgIpc) is 3.18. The van der Waals surface area contributed by atoms with Gasteiger partial charge in [-0.25, -0.2) is 14.8 Å². The molecule has 0 bridgehead atoms. The van der Waals surface area contributed by atoms with Crippen LogP contribution in [0.15, 0.2) is 5.03 Å². The first-order valence-electron chi connectivity index (χ1n) is 6.52. The summed E-state index contributed by atoms with van der Waals surface area (Å²) in [7, 11) is 1.68. The highest BCUT2D eigenvalue weighted by Gasteiger charge is 2.29. The Balaban J connectivity index is 1.88. The van der Waals surface area contributed by atoms with Crippen LogP contribution in [0.2, 0.25) is 0 Å². The van der Waals surface area contributed by atoms with Gasteiger partial charge in [-0.05, 0) is 25.0 Å². The topological polar surface area (TPSA) is 107 Å². The van der Waals surface area contributed by atoms with Gasteiger partial charge in [-0.3, -0.25) is 0 Å². The van der Waals surface area contributed by atoms with Gasteiger partial charge in [0, 0.05) is 5.92 Å². The number of carbonyl (C=O) groups is 1. The zero-order chi connectivity index (χ0) is 15.0. The summed E-state index contributed by atoms with van der Waals surface area (Å²) in [5.41, 5.74) is 0.669. The van der Waals surface area contributed by atoms with E-state index < -0.39 is 5.97 Å². The predicted octanol–water partition coefficient (Wildman–Crippen LogP) is 1.18. The molecule has 0 saturated heterocycles. The van der Waals surface area contributed by atoms with Crippen LogP contribution < -0.4 is 0 Å². The number of carboxylic acid groups (broad SMARTS) is 1. The van der Waals surface area contributed by atoms with Crippen LogP contribution in [0.3, 0.4) is 0 Å². The minimum absolute atomic E-state index is 0.160. The third-order valence-corrected chi connectivity index (χ3v) is 4.09. The number of nitrogens with zero attached hydrogens (tertiary/aromatic N) is 6. The number of tetrazole rings is 1. The number of thioether (sulfide) groups is 1. The summed E-state index contributed by atoms with van der Waals surface area (Å²) in [6.45, 7) is 1.71. The molecule has 1 N–H and O–H groups in total. The Morgan fingerprint density at radius 2 is 2.19 bits per heavy atom. The first-order chi connectivity index (χ1) is 10.0. The lowest BCUT2D eigenvalue weighted by atomic mass is 10.2. The third-order valence-electron chi connectivity index (χ3n) is 3.12. The van der Waals surface area contributed by atoms with Crippen molar-refractivity contribution in [2.24, 2.45) is 7.05 Å². The Morgan fingerprint density at radius 3 is 2.76 bits per heavy atom. The molecule has 1 saturated carbocycles. The molecule has 0 spiro atoms. The van der Waals surface area contributed by atoms with Crippen LogP contribution in [0.25, 0.3) is 0 Å². The van der Waals surface area contributed by atoms with Gasteiger partial charge in [0.2, 0.25) is 0 Å². The molecule has 2 aromatic rings. The van der Waals surface area contributed by atoms with E-state index in [1.165, 1.54) is 16.6 Å². The number of hydrogen-bond donors (Lipinski definition) is 1. The molecule has 2 aromatic heterocycles. The van der Waals surface area contributed by atoms with Crippen LogP contribution >= 0.6 is 11.8 Å². The van der Waals surface area contributed by atoms with Crippen LogP contribution in [0.5, 0.6) is 0 Å². The molecule has 0 aromatic carbocycles. The number of hydrogen-bond acceptors (Lipinski definition) is 7. The second-order valence-corrected chi connectivity index (χ2v) is 5.87. The Morgan fingerprint density at radius 1 is 1.43 bits per heavy atom. The molecule has 9 heteroatoms. The molecule has 0 atom stereocenters. The maximum absolute atomic E-state index is 11.4. The summed E-state index contributed by atoms with van der Waals surface area (Å²) in [6.07, 6.45) is 2.14. The van der Waals surface area contributed by atoms with Gasteiger partial charge < -0.3 is 5.11 Å². The molecule has 0 amide bonds. The molecule has 1 fully saturated rings. The van der Waals surface area contributed by atoms with Crippen LogP contribution in [0.4, 0.5) is 0 Å². The number of aromatic nitrogens is 6. The molecular formula is C12H14N6O2S. The fourth-order valence-electron chi connectivity index (χ4n) is 1.96. The van der Waals surface area contributed by atoms with Gasteiger partial charge in [0.1, 0.15) is 16.4 Å². The highest BCUT2D eigenvalue weighted by atomic mass is 32.2. The van der Waals surface area contributed by atoms with Gasteiger partial charge in [-0.15, -0.1) is 10.2 Å². The Labute approximate surface area is 125 Å². The molecular weight excluding hydrogens is 292 g/mol. The monoisotopic (exact) mass is 306 g/mol. The summed E-state index contributed by atoms with van der Waals surface area (Å²) in [5.74, 6) is 1.08. The van der Waals surface area contributed by atoms with E-state index in [0.717, 1.165) is 18.7 Å². The molecule has 2 heterocycles. The zero-order valence-corrected chi connectivity index (χ0v) is 12.5. The van der Waals surface area contributed by atoms with Crippen molar-refractivity contribution < 1.29 is 9.90 Å². The minimum Gasteiger partial charge on any atom is -0.478 e. The van der Waals surface area contributed by atoms with Crippen molar-refractivity contribution in [1.29, 1.82) is 0 Å². The molecule has 1 aliphatic rings. The van der Waals surface area contributed by atoms with E-state index in [2.05, 4.69) is 25.4 Å². The second-order valence-electron chi connectivity index (χ2n) is 4.91. The predicted molar refractivity (Wildman–Crippen MR) is 74.1 cm³/mol. The Hall–Kier alpha value is -2.03. The van der Waals surface area contributed by atoms with Gasteiger partial charge >= 0.3 is 5.97 Å². The first-order valence-corrected chi connectivity index (χ1v) is 7.50. The number of rotatable bonds is 5. The standard InChI is InChI=1S/C12H14N6O2S/c1-6-9(12(19)20)11(14-10(13-6)7-3-4-7)21-5-8-15-17-18(2)16-8/h7H,3-5H2,1-2H3,(H,19,20). The summed E-state index contributed by atoms with van der Waals surface area (Å²) >= 11 is 1.31. The lowest BCUT2D eigenvalue weighted by molar-refractivity contribution is 0.0690. The molecule has 21 heavy (non-hydrogen) atoms. The largest absolute Gasteiger partial charge is 0.478 e. The summed E-state index contributed by atoms with van der Waals surface area (Å²) in [4.78, 5) is 21.5. The normalized spacial score (nSPS) is 14.4. The maximum atomic E-state index is 11.4. The molecule has 0 unspecified atom stereocenters. The lowest BCUT2D eigenvalue weighted by Crippen LogP contribution is -2.09.